The van der Waals surface area contributed by atoms with Crippen molar-refractivity contribution in [2.45, 2.75) is 31.1 Å². The molecule has 1 heterocycles. The molecule has 1 aliphatic carbocycles. The maximum Gasteiger partial charge on any atom is 0.414 e. The van der Waals surface area contributed by atoms with Crippen LogP contribution in [0.3, 0.4) is 0 Å². The van der Waals surface area contributed by atoms with Crippen LogP contribution in [0, 0.1) is 0 Å². The van der Waals surface area contributed by atoms with Crippen molar-refractivity contribution in [3.8, 4) is 5.75 Å². The lowest BCUT2D eigenvalue weighted by atomic mass is 10.1. The average molecular weight is 544 g/mol. The standard InChI is InChI=1S/C25H25N3O7S2/c1-3-35-25(31)27-23(30)21-19-8-5-9-20(19)36-24(21)26-22(29)15-6-4-7-16(14-15)28-37(32,33)18-12-10-17(34-2)11-13-18/h4,6-7,10-14,28H,3,5,8-9H2,1-2H3,(H,26,29)(H,27,30,31). The van der Waals surface area contributed by atoms with Crippen LogP contribution in [0.4, 0.5) is 15.5 Å². The number of sulfonamides is 1. The highest BCUT2D eigenvalue weighted by Crippen LogP contribution is 2.39. The van der Waals surface area contributed by atoms with Crippen LogP contribution >= 0.6 is 11.3 Å². The summed E-state index contributed by atoms with van der Waals surface area (Å²) in [6.45, 7) is 1.74. The van der Waals surface area contributed by atoms with Gasteiger partial charge in [0.15, 0.2) is 0 Å². The summed E-state index contributed by atoms with van der Waals surface area (Å²) in [4.78, 5) is 38.7. The fraction of sp³-hybridized carbons (Fsp3) is 0.240. The lowest BCUT2D eigenvalue weighted by Gasteiger charge is -2.11. The number of thiophene rings is 1. The number of hydrogen-bond donors (Lipinski definition) is 3. The molecule has 12 heteroatoms. The van der Waals surface area contributed by atoms with Crippen LogP contribution in [0.15, 0.2) is 53.4 Å². The van der Waals surface area contributed by atoms with Crippen LogP contribution in [0.5, 0.6) is 5.75 Å². The molecule has 0 aliphatic heterocycles. The molecule has 0 unspecified atom stereocenters. The summed E-state index contributed by atoms with van der Waals surface area (Å²) in [6.07, 6.45) is 1.46. The number of rotatable bonds is 8. The van der Waals surface area contributed by atoms with E-state index < -0.39 is 27.9 Å². The van der Waals surface area contributed by atoms with Gasteiger partial charge >= 0.3 is 6.09 Å². The van der Waals surface area contributed by atoms with Crippen LogP contribution in [-0.4, -0.2) is 40.0 Å². The molecule has 2 aromatic carbocycles. The van der Waals surface area contributed by atoms with Gasteiger partial charge in [-0.15, -0.1) is 11.3 Å². The minimum Gasteiger partial charge on any atom is -0.497 e. The van der Waals surface area contributed by atoms with Crippen LogP contribution in [0.2, 0.25) is 0 Å². The predicted molar refractivity (Wildman–Crippen MR) is 139 cm³/mol. The van der Waals surface area contributed by atoms with E-state index in [0.717, 1.165) is 23.3 Å². The molecule has 1 aliphatic rings. The molecule has 37 heavy (non-hydrogen) atoms. The van der Waals surface area contributed by atoms with Gasteiger partial charge in [-0.3, -0.25) is 19.6 Å². The number of carbonyl (C=O) groups is 3. The Morgan fingerprint density at radius 1 is 1.03 bits per heavy atom. The second kappa shape index (κ2) is 11.0. The monoisotopic (exact) mass is 543 g/mol. The molecule has 3 N–H and O–H groups in total. The maximum absolute atomic E-state index is 13.1. The van der Waals surface area contributed by atoms with Crippen molar-refractivity contribution in [3.63, 3.8) is 0 Å². The van der Waals surface area contributed by atoms with Crippen molar-refractivity contribution >= 4 is 50.0 Å². The number of aryl methyl sites for hydroxylation is 1. The molecule has 3 aromatic rings. The summed E-state index contributed by atoms with van der Waals surface area (Å²) in [5.74, 6) is -0.655. The van der Waals surface area contributed by atoms with E-state index in [0.29, 0.717) is 17.2 Å². The molecule has 0 radical (unpaired) electrons. The van der Waals surface area contributed by atoms with Gasteiger partial charge < -0.3 is 14.8 Å². The Balaban J connectivity index is 1.53. The first-order valence-corrected chi connectivity index (χ1v) is 13.7. The van der Waals surface area contributed by atoms with Gasteiger partial charge in [-0.25, -0.2) is 13.2 Å². The smallest absolute Gasteiger partial charge is 0.414 e. The zero-order valence-corrected chi connectivity index (χ0v) is 21.8. The number of ether oxygens (including phenoxy) is 2. The summed E-state index contributed by atoms with van der Waals surface area (Å²) in [5, 5.41) is 5.27. The van der Waals surface area contributed by atoms with Gasteiger partial charge in [0.2, 0.25) is 0 Å². The van der Waals surface area contributed by atoms with Gasteiger partial charge in [0.05, 0.1) is 24.2 Å². The third-order valence-electron chi connectivity index (χ3n) is 5.61. The number of methoxy groups -OCH3 is 1. The van der Waals surface area contributed by atoms with E-state index in [1.165, 1.54) is 60.9 Å². The number of nitrogens with one attached hydrogen (secondary N) is 3. The highest BCUT2D eigenvalue weighted by molar-refractivity contribution is 7.92. The molecule has 0 bridgehead atoms. The van der Waals surface area contributed by atoms with E-state index in [2.05, 4.69) is 15.4 Å². The number of anilines is 2. The lowest BCUT2D eigenvalue weighted by molar-refractivity contribution is 0.0925. The number of carbonyl (C=O) groups excluding carboxylic acids is 3. The summed E-state index contributed by atoms with van der Waals surface area (Å²) in [7, 11) is -2.42. The maximum atomic E-state index is 13.1. The number of imide groups is 1. The van der Waals surface area contributed by atoms with Crippen molar-refractivity contribution in [1.29, 1.82) is 0 Å². The molecule has 1 aromatic heterocycles. The van der Waals surface area contributed by atoms with Gasteiger partial charge in [0.1, 0.15) is 10.8 Å². The van der Waals surface area contributed by atoms with Crippen molar-refractivity contribution in [3.05, 3.63) is 70.1 Å². The minimum atomic E-state index is -3.90. The molecule has 0 spiro atoms. The Bertz CT molecular complexity index is 1450. The molecule has 0 saturated heterocycles. The summed E-state index contributed by atoms with van der Waals surface area (Å²) in [5.41, 5.74) is 1.43. The first-order chi connectivity index (χ1) is 17.7. The predicted octanol–water partition coefficient (Wildman–Crippen LogP) is 4.18. The van der Waals surface area contributed by atoms with E-state index in [9.17, 15) is 22.8 Å². The van der Waals surface area contributed by atoms with E-state index in [1.807, 2.05) is 0 Å². The number of alkyl carbamates (subject to hydrolysis) is 1. The Hall–Kier alpha value is -3.90. The van der Waals surface area contributed by atoms with Gasteiger partial charge in [-0.05, 0) is 74.2 Å². The number of amides is 3. The Morgan fingerprint density at radius 2 is 1.78 bits per heavy atom. The van der Waals surface area contributed by atoms with E-state index >= 15 is 0 Å². The van der Waals surface area contributed by atoms with E-state index in [1.54, 1.807) is 13.0 Å². The van der Waals surface area contributed by atoms with Gasteiger partial charge in [0, 0.05) is 16.1 Å². The van der Waals surface area contributed by atoms with Crippen molar-refractivity contribution in [1.82, 2.24) is 5.32 Å². The zero-order valence-electron chi connectivity index (χ0n) is 20.1. The van der Waals surface area contributed by atoms with Crippen LogP contribution in [0.25, 0.3) is 0 Å². The highest BCUT2D eigenvalue weighted by atomic mass is 32.2. The Labute approximate surface area is 218 Å². The summed E-state index contributed by atoms with van der Waals surface area (Å²) < 4.78 is 37.9. The second-order valence-electron chi connectivity index (χ2n) is 8.05. The molecular weight excluding hydrogens is 518 g/mol. The number of fused-ring (bicyclic) bond motifs is 1. The van der Waals surface area contributed by atoms with Crippen molar-refractivity contribution in [2.75, 3.05) is 23.8 Å². The molecule has 194 valence electrons. The van der Waals surface area contributed by atoms with E-state index in [4.69, 9.17) is 9.47 Å². The third kappa shape index (κ3) is 5.92. The van der Waals surface area contributed by atoms with Crippen LogP contribution < -0.4 is 20.1 Å². The molecule has 0 atom stereocenters. The average Bonchev–Trinajstić information content (AvgIpc) is 3.45. The largest absolute Gasteiger partial charge is 0.497 e. The third-order valence-corrected chi connectivity index (χ3v) is 8.22. The summed E-state index contributed by atoms with van der Waals surface area (Å²) in [6, 6.07) is 11.9. The number of benzene rings is 2. The zero-order chi connectivity index (χ0) is 26.6. The molecule has 0 fully saturated rings. The first kappa shape index (κ1) is 26.2. The lowest BCUT2D eigenvalue weighted by Crippen LogP contribution is -2.32. The second-order valence-corrected chi connectivity index (χ2v) is 10.8. The normalized spacial score (nSPS) is 12.4. The molecular formula is C25H25N3O7S2. The highest BCUT2D eigenvalue weighted by Gasteiger charge is 2.29. The Kier molecular flexibility index (Phi) is 7.79. The minimum absolute atomic E-state index is 0.0357. The van der Waals surface area contributed by atoms with Gasteiger partial charge in [-0.2, -0.15) is 0 Å². The van der Waals surface area contributed by atoms with Crippen molar-refractivity contribution in [2.24, 2.45) is 0 Å². The van der Waals surface area contributed by atoms with Crippen LogP contribution in [0.1, 0.15) is 44.5 Å². The first-order valence-electron chi connectivity index (χ1n) is 11.4. The van der Waals surface area contributed by atoms with Crippen molar-refractivity contribution < 1.29 is 32.3 Å². The number of hydrogen-bond acceptors (Lipinski definition) is 8. The quantitative estimate of drug-likeness (QED) is 0.387. The summed E-state index contributed by atoms with van der Waals surface area (Å²) >= 11 is 1.29. The van der Waals surface area contributed by atoms with Gasteiger partial charge in [0.25, 0.3) is 21.8 Å². The van der Waals surface area contributed by atoms with Gasteiger partial charge in [-0.1, -0.05) is 6.07 Å². The molecule has 4 rings (SSSR count). The fourth-order valence-corrected chi connectivity index (χ4v) is 6.25. The fourth-order valence-electron chi connectivity index (χ4n) is 3.92. The van der Waals surface area contributed by atoms with E-state index in [-0.39, 0.29) is 28.3 Å². The topological polar surface area (TPSA) is 140 Å². The molecule has 0 saturated carbocycles. The Morgan fingerprint density at radius 3 is 2.49 bits per heavy atom. The molecule has 10 nitrogen and oxygen atoms in total. The molecule has 3 amide bonds. The SMILES string of the molecule is CCOC(=O)NC(=O)c1c(NC(=O)c2cccc(NS(=O)(=O)c3ccc(OC)cc3)c2)sc2c1CCC2. The van der Waals surface area contributed by atoms with Crippen LogP contribution in [-0.2, 0) is 27.6 Å².